The van der Waals surface area contributed by atoms with Crippen LogP contribution in [0.15, 0.2) is 84.9 Å². The van der Waals surface area contributed by atoms with Crippen molar-refractivity contribution in [2.75, 3.05) is 25.2 Å². The Balaban J connectivity index is 1.65. The summed E-state index contributed by atoms with van der Waals surface area (Å²) in [5, 5.41) is 0. The smallest absolute Gasteiger partial charge is 0.266 e. The molecule has 36 heavy (non-hydrogen) atoms. The molecule has 0 atom stereocenters. The summed E-state index contributed by atoms with van der Waals surface area (Å²) in [6.07, 6.45) is 0. The van der Waals surface area contributed by atoms with E-state index in [9.17, 15) is 9.59 Å². The molecule has 1 aliphatic rings. The third-order valence-electron chi connectivity index (χ3n) is 6.61. The van der Waals surface area contributed by atoms with Gasteiger partial charge in [0.2, 0.25) is 0 Å². The molecular weight excluding hydrogens is 450 g/mol. The van der Waals surface area contributed by atoms with Gasteiger partial charge < -0.3 is 9.47 Å². The Morgan fingerprint density at radius 3 is 1.53 bits per heavy atom. The Morgan fingerprint density at radius 2 is 1.08 bits per heavy atom. The molecular formula is C31H27NO4. The third-order valence-corrected chi connectivity index (χ3v) is 6.61. The number of imide groups is 1. The molecule has 2 amide bonds. The summed E-state index contributed by atoms with van der Waals surface area (Å²) in [6, 6.07) is 27.1. The molecule has 180 valence electrons. The molecule has 1 heterocycles. The Bertz CT molecular complexity index is 1340. The normalized spacial score (nSPS) is 12.7. The monoisotopic (exact) mass is 477 g/mol. The van der Waals surface area contributed by atoms with Crippen LogP contribution in [0.25, 0.3) is 22.3 Å². The van der Waals surface area contributed by atoms with Gasteiger partial charge in [-0.15, -0.1) is 0 Å². The third kappa shape index (κ3) is 3.97. The van der Waals surface area contributed by atoms with Crippen LogP contribution in [0.2, 0.25) is 0 Å². The van der Waals surface area contributed by atoms with Crippen LogP contribution in [0.5, 0.6) is 5.75 Å². The molecule has 0 aliphatic carbocycles. The van der Waals surface area contributed by atoms with E-state index in [4.69, 9.17) is 9.47 Å². The van der Waals surface area contributed by atoms with Crippen molar-refractivity contribution in [3.05, 3.63) is 107 Å². The molecule has 4 aromatic carbocycles. The Morgan fingerprint density at radius 1 is 0.611 bits per heavy atom. The molecule has 5 rings (SSSR count). The quantitative estimate of drug-likeness (QED) is 0.226. The minimum absolute atomic E-state index is 0.305. The zero-order valence-corrected chi connectivity index (χ0v) is 20.6. The molecule has 0 bridgehead atoms. The Kier molecular flexibility index (Phi) is 6.40. The SMILES string of the molecule is COCCOc1ccc(N2C(=O)c3c(C)c(-c4ccccc4)c(-c4ccccc4)c(C)c3C2=O)cc1. The number of hydrogen-bond donors (Lipinski definition) is 0. The largest absolute Gasteiger partial charge is 0.491 e. The summed E-state index contributed by atoms with van der Waals surface area (Å²) in [4.78, 5) is 28.8. The zero-order chi connectivity index (χ0) is 25.2. The lowest BCUT2D eigenvalue weighted by atomic mass is 9.82. The summed E-state index contributed by atoms with van der Waals surface area (Å²) in [6.45, 7) is 4.78. The number of benzene rings is 4. The van der Waals surface area contributed by atoms with Crippen molar-refractivity contribution in [2.45, 2.75) is 13.8 Å². The molecule has 0 saturated carbocycles. The first-order chi connectivity index (χ1) is 17.5. The number of rotatable bonds is 7. The van der Waals surface area contributed by atoms with E-state index in [1.54, 1.807) is 31.4 Å². The van der Waals surface area contributed by atoms with E-state index < -0.39 is 0 Å². The van der Waals surface area contributed by atoms with E-state index in [0.29, 0.717) is 35.8 Å². The molecule has 0 saturated heterocycles. The molecule has 1 aliphatic heterocycles. The van der Waals surface area contributed by atoms with Crippen LogP contribution in [0, 0.1) is 13.8 Å². The van der Waals surface area contributed by atoms with Gasteiger partial charge in [0.15, 0.2) is 0 Å². The standard InChI is InChI=1S/C31H27NO4/c1-20-26(22-10-6-4-7-11-22)27(23-12-8-5-9-13-23)21(2)29-28(20)30(33)32(31(29)34)24-14-16-25(17-15-24)36-19-18-35-3/h4-17H,18-19H2,1-3H3. The van der Waals surface area contributed by atoms with E-state index in [2.05, 4.69) is 0 Å². The Hall–Kier alpha value is -4.22. The van der Waals surface area contributed by atoms with Crippen LogP contribution in [0.3, 0.4) is 0 Å². The van der Waals surface area contributed by atoms with Gasteiger partial charge in [-0.25, -0.2) is 4.90 Å². The van der Waals surface area contributed by atoms with Crippen LogP contribution < -0.4 is 9.64 Å². The van der Waals surface area contributed by atoms with E-state index >= 15 is 0 Å². The molecule has 0 radical (unpaired) electrons. The van der Waals surface area contributed by atoms with Crippen molar-refractivity contribution in [3.63, 3.8) is 0 Å². The first-order valence-electron chi connectivity index (χ1n) is 11.9. The predicted octanol–water partition coefficient (Wildman–Crippen LogP) is 6.46. The van der Waals surface area contributed by atoms with Crippen LogP contribution >= 0.6 is 0 Å². The molecule has 5 nitrogen and oxygen atoms in total. The van der Waals surface area contributed by atoms with Crippen molar-refractivity contribution in [3.8, 4) is 28.0 Å². The first kappa shape index (κ1) is 23.5. The summed E-state index contributed by atoms with van der Waals surface area (Å²) in [7, 11) is 1.62. The van der Waals surface area contributed by atoms with Crippen molar-refractivity contribution >= 4 is 17.5 Å². The van der Waals surface area contributed by atoms with Gasteiger partial charge in [-0.05, 0) is 71.5 Å². The molecule has 0 N–H and O–H groups in total. The van der Waals surface area contributed by atoms with Crippen LogP contribution in [-0.4, -0.2) is 32.1 Å². The highest BCUT2D eigenvalue weighted by Crippen LogP contribution is 2.44. The number of anilines is 1. The maximum Gasteiger partial charge on any atom is 0.266 e. The number of hydrogen-bond acceptors (Lipinski definition) is 4. The van der Waals surface area contributed by atoms with E-state index in [0.717, 1.165) is 33.4 Å². The highest BCUT2D eigenvalue weighted by molar-refractivity contribution is 6.36. The molecule has 5 heteroatoms. The van der Waals surface area contributed by atoms with Crippen molar-refractivity contribution < 1.29 is 19.1 Å². The number of carbonyl (C=O) groups excluding carboxylic acids is 2. The lowest BCUT2D eigenvalue weighted by Crippen LogP contribution is -2.29. The number of nitrogens with zero attached hydrogens (tertiary/aromatic N) is 1. The van der Waals surface area contributed by atoms with Gasteiger partial charge in [0.1, 0.15) is 12.4 Å². The van der Waals surface area contributed by atoms with Gasteiger partial charge in [0.25, 0.3) is 11.8 Å². The second kappa shape index (κ2) is 9.80. The average molecular weight is 478 g/mol. The van der Waals surface area contributed by atoms with E-state index in [1.165, 1.54) is 4.90 Å². The molecule has 0 unspecified atom stereocenters. The van der Waals surface area contributed by atoms with Crippen LogP contribution in [-0.2, 0) is 4.74 Å². The van der Waals surface area contributed by atoms with Crippen molar-refractivity contribution in [2.24, 2.45) is 0 Å². The van der Waals surface area contributed by atoms with Crippen molar-refractivity contribution in [1.82, 2.24) is 0 Å². The average Bonchev–Trinajstić information content (AvgIpc) is 3.18. The topological polar surface area (TPSA) is 55.8 Å². The van der Waals surface area contributed by atoms with E-state index in [1.807, 2.05) is 74.5 Å². The summed E-state index contributed by atoms with van der Waals surface area (Å²) >= 11 is 0. The second-order valence-corrected chi connectivity index (χ2v) is 8.76. The maximum atomic E-state index is 13.8. The van der Waals surface area contributed by atoms with Crippen LogP contribution in [0.4, 0.5) is 5.69 Å². The molecule has 0 spiro atoms. The molecule has 0 fully saturated rings. The zero-order valence-electron chi connectivity index (χ0n) is 20.6. The fourth-order valence-corrected chi connectivity index (χ4v) is 4.95. The van der Waals surface area contributed by atoms with Crippen molar-refractivity contribution in [1.29, 1.82) is 0 Å². The van der Waals surface area contributed by atoms with Gasteiger partial charge in [0, 0.05) is 7.11 Å². The van der Waals surface area contributed by atoms with Gasteiger partial charge >= 0.3 is 0 Å². The van der Waals surface area contributed by atoms with Gasteiger partial charge in [-0.2, -0.15) is 0 Å². The maximum absolute atomic E-state index is 13.8. The predicted molar refractivity (Wildman–Crippen MR) is 142 cm³/mol. The Labute approximate surface area is 210 Å². The van der Waals surface area contributed by atoms with Gasteiger partial charge in [0.05, 0.1) is 23.4 Å². The lowest BCUT2D eigenvalue weighted by molar-refractivity contribution is 0.0926. The minimum atomic E-state index is -0.305. The number of carbonyl (C=O) groups is 2. The van der Waals surface area contributed by atoms with Gasteiger partial charge in [-0.1, -0.05) is 60.7 Å². The summed E-state index contributed by atoms with van der Waals surface area (Å²) in [5.74, 6) is 0.0402. The second-order valence-electron chi connectivity index (χ2n) is 8.76. The number of fused-ring (bicyclic) bond motifs is 1. The summed E-state index contributed by atoms with van der Waals surface area (Å²) in [5.41, 5.74) is 7.04. The number of methoxy groups -OCH3 is 1. The minimum Gasteiger partial charge on any atom is -0.491 e. The fourth-order valence-electron chi connectivity index (χ4n) is 4.95. The highest BCUT2D eigenvalue weighted by Gasteiger charge is 2.41. The lowest BCUT2D eigenvalue weighted by Gasteiger charge is -2.19. The molecule has 0 aromatic heterocycles. The highest BCUT2D eigenvalue weighted by atomic mass is 16.5. The van der Waals surface area contributed by atoms with E-state index in [-0.39, 0.29) is 11.8 Å². The summed E-state index contributed by atoms with van der Waals surface area (Å²) < 4.78 is 10.6. The first-order valence-corrected chi connectivity index (χ1v) is 11.9. The van der Waals surface area contributed by atoms with Gasteiger partial charge in [-0.3, -0.25) is 9.59 Å². The number of amides is 2. The fraction of sp³-hybridized carbons (Fsp3) is 0.161. The molecule has 4 aromatic rings. The van der Waals surface area contributed by atoms with Crippen LogP contribution in [0.1, 0.15) is 31.8 Å². The number of ether oxygens (including phenoxy) is 2.